The van der Waals surface area contributed by atoms with Crippen LogP contribution in [0.4, 0.5) is 4.39 Å². The minimum atomic E-state index is -0.363. The second-order valence-corrected chi connectivity index (χ2v) is 7.58. The third-order valence-electron chi connectivity index (χ3n) is 5.50. The number of ether oxygens (including phenoxy) is 1. The summed E-state index contributed by atoms with van der Waals surface area (Å²) < 4.78 is 19.2. The van der Waals surface area contributed by atoms with Crippen LogP contribution in [0.25, 0.3) is 0 Å². The number of aryl methyl sites for hydroxylation is 1. The van der Waals surface area contributed by atoms with Crippen LogP contribution in [0.1, 0.15) is 42.3 Å². The average Bonchev–Trinajstić information content (AvgIpc) is 3.43. The number of benzene rings is 2. The maximum Gasteiger partial charge on any atom is 0.223 e. The van der Waals surface area contributed by atoms with Crippen molar-refractivity contribution >= 4 is 5.91 Å². The number of rotatable bonds is 8. The summed E-state index contributed by atoms with van der Waals surface area (Å²) in [6.45, 7) is 1.13. The molecule has 5 nitrogen and oxygen atoms in total. The summed E-state index contributed by atoms with van der Waals surface area (Å²) >= 11 is 0. The van der Waals surface area contributed by atoms with Gasteiger partial charge in [-0.3, -0.25) is 9.89 Å². The highest BCUT2D eigenvalue weighted by Crippen LogP contribution is 2.32. The molecule has 0 spiro atoms. The molecule has 156 valence electrons. The lowest BCUT2D eigenvalue weighted by Crippen LogP contribution is -2.30. The molecule has 1 saturated heterocycles. The van der Waals surface area contributed by atoms with E-state index < -0.39 is 0 Å². The first-order chi connectivity index (χ1) is 14.7. The van der Waals surface area contributed by atoms with E-state index in [-0.39, 0.29) is 23.5 Å². The van der Waals surface area contributed by atoms with E-state index in [1.54, 1.807) is 18.2 Å². The van der Waals surface area contributed by atoms with Gasteiger partial charge in [0, 0.05) is 25.1 Å². The highest BCUT2D eigenvalue weighted by Gasteiger charge is 2.31. The van der Waals surface area contributed by atoms with E-state index in [9.17, 15) is 9.18 Å². The number of aromatic amines is 1. The fourth-order valence-electron chi connectivity index (χ4n) is 3.92. The van der Waals surface area contributed by atoms with Gasteiger partial charge in [-0.15, -0.1) is 0 Å². The van der Waals surface area contributed by atoms with Crippen LogP contribution >= 0.6 is 0 Å². The van der Waals surface area contributed by atoms with Gasteiger partial charge in [0.25, 0.3) is 0 Å². The number of hydrogen-bond acceptors (Lipinski definition) is 3. The second kappa shape index (κ2) is 9.57. The molecule has 1 atom stereocenters. The van der Waals surface area contributed by atoms with Gasteiger partial charge in [0.05, 0.1) is 18.3 Å². The van der Waals surface area contributed by atoms with Gasteiger partial charge in [-0.2, -0.15) is 5.10 Å². The summed E-state index contributed by atoms with van der Waals surface area (Å²) in [4.78, 5) is 14.8. The van der Waals surface area contributed by atoms with E-state index >= 15 is 0 Å². The number of halogens is 1. The molecule has 0 radical (unpaired) electrons. The summed E-state index contributed by atoms with van der Waals surface area (Å²) in [7, 11) is 0. The Morgan fingerprint density at radius 1 is 1.13 bits per heavy atom. The minimum Gasteiger partial charge on any atom is -0.490 e. The molecule has 1 aliphatic rings. The number of H-pyrrole nitrogens is 1. The van der Waals surface area contributed by atoms with Gasteiger partial charge in [-0.25, -0.2) is 4.39 Å². The Kier molecular flexibility index (Phi) is 6.42. The van der Waals surface area contributed by atoms with Crippen LogP contribution in [0.5, 0.6) is 5.75 Å². The zero-order valence-corrected chi connectivity index (χ0v) is 16.9. The first-order valence-corrected chi connectivity index (χ1v) is 10.5. The number of nitrogens with zero attached hydrogens (tertiary/aromatic N) is 2. The van der Waals surface area contributed by atoms with Gasteiger partial charge in [-0.05, 0) is 43.0 Å². The monoisotopic (exact) mass is 407 g/mol. The average molecular weight is 407 g/mol. The van der Waals surface area contributed by atoms with Gasteiger partial charge < -0.3 is 9.64 Å². The van der Waals surface area contributed by atoms with Crippen LogP contribution in [-0.2, 0) is 17.6 Å². The molecule has 0 bridgehead atoms. The molecule has 2 heterocycles. The molecule has 0 aliphatic carbocycles. The molecule has 1 amide bonds. The second-order valence-electron chi connectivity index (χ2n) is 7.58. The van der Waals surface area contributed by atoms with E-state index in [1.807, 2.05) is 29.2 Å². The highest BCUT2D eigenvalue weighted by atomic mass is 19.1. The number of nitrogens with one attached hydrogen (secondary N) is 1. The Hall–Kier alpha value is -3.15. The number of likely N-dealkylation sites (tertiary alicyclic amines) is 1. The Bertz CT molecular complexity index is 973. The lowest BCUT2D eigenvalue weighted by atomic mass is 10.1. The van der Waals surface area contributed by atoms with Crippen molar-refractivity contribution in [3.8, 4) is 5.75 Å². The first kappa shape index (κ1) is 20.1. The summed E-state index contributed by atoms with van der Waals surface area (Å²) in [5, 5.41) is 7.48. The SMILES string of the molecule is O=C(CCc1ccccc1)N1CCC[C@@H]1c1cc(CCOc2ccccc2F)[nH]n1. The molecule has 4 rings (SSSR count). The number of hydrogen-bond donors (Lipinski definition) is 1. The smallest absolute Gasteiger partial charge is 0.223 e. The molecule has 0 unspecified atom stereocenters. The lowest BCUT2D eigenvalue weighted by molar-refractivity contribution is -0.132. The predicted octanol–water partition coefficient (Wildman–Crippen LogP) is 4.47. The Morgan fingerprint density at radius 2 is 1.93 bits per heavy atom. The topological polar surface area (TPSA) is 58.2 Å². The van der Waals surface area contributed by atoms with E-state index in [2.05, 4.69) is 22.3 Å². The normalized spacial score (nSPS) is 16.0. The van der Waals surface area contributed by atoms with E-state index in [4.69, 9.17) is 4.74 Å². The van der Waals surface area contributed by atoms with Crippen LogP contribution in [0, 0.1) is 5.82 Å². The molecule has 1 aromatic heterocycles. The highest BCUT2D eigenvalue weighted by molar-refractivity contribution is 5.77. The van der Waals surface area contributed by atoms with Gasteiger partial charge in [-0.1, -0.05) is 42.5 Å². The number of amides is 1. The molecule has 1 aliphatic heterocycles. The van der Waals surface area contributed by atoms with Crippen molar-refractivity contribution in [2.75, 3.05) is 13.2 Å². The van der Waals surface area contributed by atoms with Crippen LogP contribution in [0.15, 0.2) is 60.7 Å². The molecule has 1 fully saturated rings. The molecule has 0 saturated carbocycles. The van der Waals surface area contributed by atoms with Crippen LogP contribution in [0.3, 0.4) is 0 Å². The zero-order valence-electron chi connectivity index (χ0n) is 16.9. The Balaban J connectivity index is 1.31. The summed E-state index contributed by atoms with van der Waals surface area (Å²) in [5.41, 5.74) is 2.99. The van der Waals surface area contributed by atoms with Crippen molar-refractivity contribution in [2.24, 2.45) is 0 Å². The number of carbonyl (C=O) groups is 1. The maximum absolute atomic E-state index is 13.6. The van der Waals surface area contributed by atoms with Crippen molar-refractivity contribution in [1.82, 2.24) is 15.1 Å². The zero-order chi connectivity index (χ0) is 20.8. The van der Waals surface area contributed by atoms with Gasteiger partial charge in [0.15, 0.2) is 11.6 Å². The third kappa shape index (κ3) is 4.87. The Morgan fingerprint density at radius 3 is 2.77 bits per heavy atom. The van der Waals surface area contributed by atoms with Crippen molar-refractivity contribution in [3.05, 3.63) is 83.4 Å². The molecule has 3 aromatic rings. The lowest BCUT2D eigenvalue weighted by Gasteiger charge is -2.23. The summed E-state index contributed by atoms with van der Waals surface area (Å²) in [6.07, 6.45) is 3.76. The van der Waals surface area contributed by atoms with Crippen LogP contribution < -0.4 is 4.74 Å². The minimum absolute atomic E-state index is 0.0192. The molecule has 1 N–H and O–H groups in total. The largest absolute Gasteiger partial charge is 0.490 e. The summed E-state index contributed by atoms with van der Waals surface area (Å²) in [5.74, 6) is 0.0652. The number of carbonyl (C=O) groups excluding carboxylic acids is 1. The molecule has 2 aromatic carbocycles. The molecular formula is C24H26FN3O2. The van der Waals surface area contributed by atoms with Gasteiger partial charge >= 0.3 is 0 Å². The van der Waals surface area contributed by atoms with Crippen molar-refractivity contribution in [1.29, 1.82) is 0 Å². The number of para-hydroxylation sites is 1. The predicted molar refractivity (Wildman–Crippen MR) is 113 cm³/mol. The first-order valence-electron chi connectivity index (χ1n) is 10.5. The van der Waals surface area contributed by atoms with Crippen LogP contribution in [0.2, 0.25) is 0 Å². The van der Waals surface area contributed by atoms with Gasteiger partial charge in [0.2, 0.25) is 5.91 Å². The van der Waals surface area contributed by atoms with Gasteiger partial charge in [0.1, 0.15) is 0 Å². The standard InChI is InChI=1S/C24H26FN3O2/c25-20-9-4-5-11-23(20)30-16-14-19-17-21(27-26-19)22-10-6-15-28(22)24(29)13-12-18-7-2-1-3-8-18/h1-5,7-9,11,17,22H,6,10,12-16H2,(H,26,27)/t22-/m1/s1. The van der Waals surface area contributed by atoms with Crippen molar-refractivity contribution < 1.29 is 13.9 Å². The molecule has 30 heavy (non-hydrogen) atoms. The maximum atomic E-state index is 13.6. The summed E-state index contributed by atoms with van der Waals surface area (Å²) in [6, 6.07) is 18.5. The van der Waals surface area contributed by atoms with E-state index in [0.717, 1.165) is 37.2 Å². The quantitative estimate of drug-likeness (QED) is 0.600. The van der Waals surface area contributed by atoms with E-state index in [0.29, 0.717) is 19.4 Å². The molecule has 6 heteroatoms. The Labute approximate surface area is 175 Å². The van der Waals surface area contributed by atoms with Crippen molar-refractivity contribution in [3.63, 3.8) is 0 Å². The fourth-order valence-corrected chi connectivity index (χ4v) is 3.92. The van der Waals surface area contributed by atoms with Crippen molar-refractivity contribution in [2.45, 2.75) is 38.1 Å². The van der Waals surface area contributed by atoms with E-state index in [1.165, 1.54) is 11.6 Å². The number of aromatic nitrogens is 2. The fraction of sp³-hybridized carbons (Fsp3) is 0.333. The van der Waals surface area contributed by atoms with Crippen LogP contribution in [-0.4, -0.2) is 34.2 Å². The molecular weight excluding hydrogens is 381 g/mol. The third-order valence-corrected chi connectivity index (χ3v) is 5.50.